The number of allylic oxidation sites excluding steroid dienone is 2. The molecule has 0 amide bonds. The van der Waals surface area contributed by atoms with Crippen LogP contribution in [-0.2, 0) is 19.3 Å². The fraction of sp³-hybridized carbons (Fsp3) is 0.850. The Labute approximate surface area is 146 Å². The van der Waals surface area contributed by atoms with Gasteiger partial charge in [-0.1, -0.05) is 25.0 Å². The number of hydrogen-bond donors (Lipinski definition) is 0. The lowest BCUT2D eigenvalue weighted by Gasteiger charge is -2.40. The minimum Gasteiger partial charge on any atom is -0.469 e. The minimum atomic E-state index is -0.290. The Hall–Kier alpha value is -0.870. The normalized spacial score (nSPS) is 31.7. The van der Waals surface area contributed by atoms with E-state index in [-0.39, 0.29) is 23.6 Å². The highest BCUT2D eigenvalue weighted by molar-refractivity contribution is 5.72. The molecule has 0 spiro atoms. The van der Waals surface area contributed by atoms with Gasteiger partial charge >= 0.3 is 5.97 Å². The molecule has 4 nitrogen and oxygen atoms in total. The second kappa shape index (κ2) is 7.57. The SMILES string of the molecule is COC(=O)[C@H](C)[C@H]1CC[C@@](C)(CCC2=C(C)CCCC2(C)C)OO1. The van der Waals surface area contributed by atoms with Gasteiger partial charge in [0.1, 0.15) is 11.7 Å². The first kappa shape index (κ1) is 19.5. The quantitative estimate of drug-likeness (QED) is 0.403. The fourth-order valence-electron chi connectivity index (χ4n) is 4.17. The highest BCUT2D eigenvalue weighted by Crippen LogP contribution is 2.44. The molecule has 2 aliphatic rings. The van der Waals surface area contributed by atoms with E-state index in [9.17, 15) is 4.79 Å². The molecule has 1 fully saturated rings. The van der Waals surface area contributed by atoms with Crippen LogP contribution in [0.25, 0.3) is 0 Å². The summed E-state index contributed by atoms with van der Waals surface area (Å²) in [6.07, 6.45) is 7.35. The predicted molar refractivity (Wildman–Crippen MR) is 94.3 cm³/mol. The maximum atomic E-state index is 11.6. The van der Waals surface area contributed by atoms with Crippen molar-refractivity contribution < 1.29 is 19.3 Å². The molecule has 3 atom stereocenters. The van der Waals surface area contributed by atoms with E-state index in [0.29, 0.717) is 5.41 Å². The van der Waals surface area contributed by atoms with E-state index >= 15 is 0 Å². The van der Waals surface area contributed by atoms with Crippen LogP contribution in [0, 0.1) is 11.3 Å². The van der Waals surface area contributed by atoms with Crippen LogP contribution in [0.2, 0.25) is 0 Å². The molecule has 0 aromatic carbocycles. The number of hydrogen-bond acceptors (Lipinski definition) is 4. The van der Waals surface area contributed by atoms with E-state index in [4.69, 9.17) is 14.5 Å². The number of carbonyl (C=O) groups is 1. The van der Waals surface area contributed by atoms with Crippen molar-refractivity contribution in [2.75, 3.05) is 7.11 Å². The zero-order valence-corrected chi connectivity index (χ0v) is 16.2. The number of rotatable bonds is 5. The average Bonchev–Trinajstić information content (AvgIpc) is 2.53. The third-order valence-electron chi connectivity index (χ3n) is 6.05. The summed E-state index contributed by atoms with van der Waals surface area (Å²) in [4.78, 5) is 23.0. The molecular weight excluding hydrogens is 304 g/mol. The summed E-state index contributed by atoms with van der Waals surface area (Å²) < 4.78 is 4.80. The largest absolute Gasteiger partial charge is 0.469 e. The van der Waals surface area contributed by atoms with Gasteiger partial charge in [-0.05, 0) is 71.1 Å². The zero-order valence-electron chi connectivity index (χ0n) is 16.2. The summed E-state index contributed by atoms with van der Waals surface area (Å²) in [7, 11) is 1.41. The molecule has 24 heavy (non-hydrogen) atoms. The van der Waals surface area contributed by atoms with E-state index in [1.54, 1.807) is 11.1 Å². The molecule has 0 aromatic rings. The highest BCUT2D eigenvalue weighted by Gasteiger charge is 2.39. The first-order valence-corrected chi connectivity index (χ1v) is 9.30. The topological polar surface area (TPSA) is 44.8 Å². The second-order valence-corrected chi connectivity index (χ2v) is 8.51. The average molecular weight is 338 g/mol. The Bertz CT molecular complexity index is 484. The van der Waals surface area contributed by atoms with Gasteiger partial charge in [-0.15, -0.1) is 0 Å². The van der Waals surface area contributed by atoms with Crippen LogP contribution in [0.3, 0.4) is 0 Å². The molecule has 2 rings (SSSR count). The number of methoxy groups -OCH3 is 1. The summed E-state index contributed by atoms with van der Waals surface area (Å²) >= 11 is 0. The van der Waals surface area contributed by atoms with Crippen molar-refractivity contribution in [2.24, 2.45) is 11.3 Å². The molecule has 1 aliphatic carbocycles. The Kier molecular flexibility index (Phi) is 6.14. The van der Waals surface area contributed by atoms with Gasteiger partial charge in [0.25, 0.3) is 0 Å². The Morgan fingerprint density at radius 3 is 2.58 bits per heavy atom. The maximum Gasteiger partial charge on any atom is 0.311 e. The molecule has 1 aliphatic heterocycles. The smallest absolute Gasteiger partial charge is 0.311 e. The monoisotopic (exact) mass is 338 g/mol. The van der Waals surface area contributed by atoms with Crippen molar-refractivity contribution in [1.29, 1.82) is 0 Å². The minimum absolute atomic E-state index is 0.211. The number of esters is 1. The van der Waals surface area contributed by atoms with Crippen molar-refractivity contribution in [3.05, 3.63) is 11.1 Å². The Morgan fingerprint density at radius 1 is 1.33 bits per heavy atom. The van der Waals surface area contributed by atoms with Crippen LogP contribution in [-0.4, -0.2) is 24.8 Å². The highest BCUT2D eigenvalue weighted by atomic mass is 17.2. The molecule has 0 radical (unpaired) electrons. The second-order valence-electron chi connectivity index (χ2n) is 8.51. The third kappa shape index (κ3) is 4.40. The van der Waals surface area contributed by atoms with E-state index in [2.05, 4.69) is 27.7 Å². The van der Waals surface area contributed by atoms with Crippen LogP contribution in [0.5, 0.6) is 0 Å². The fourth-order valence-corrected chi connectivity index (χ4v) is 4.17. The first-order valence-electron chi connectivity index (χ1n) is 9.30. The molecule has 0 saturated carbocycles. The summed E-state index contributed by atoms with van der Waals surface area (Å²) in [6.45, 7) is 11.0. The van der Waals surface area contributed by atoms with Crippen molar-refractivity contribution >= 4 is 5.97 Å². The molecule has 0 aromatic heterocycles. The van der Waals surface area contributed by atoms with Gasteiger partial charge in [0.05, 0.1) is 13.0 Å². The molecule has 138 valence electrons. The van der Waals surface area contributed by atoms with Crippen LogP contribution >= 0.6 is 0 Å². The van der Waals surface area contributed by atoms with Crippen molar-refractivity contribution in [3.63, 3.8) is 0 Å². The zero-order chi connectivity index (χ0) is 18.0. The van der Waals surface area contributed by atoms with Gasteiger partial charge in [-0.3, -0.25) is 4.79 Å². The number of ether oxygens (including phenoxy) is 1. The van der Waals surface area contributed by atoms with Gasteiger partial charge in [0, 0.05) is 0 Å². The van der Waals surface area contributed by atoms with E-state index in [1.807, 2.05) is 6.92 Å². The van der Waals surface area contributed by atoms with Crippen molar-refractivity contribution in [3.8, 4) is 0 Å². The van der Waals surface area contributed by atoms with Gasteiger partial charge in [0.15, 0.2) is 0 Å². The number of carbonyl (C=O) groups excluding carboxylic acids is 1. The Balaban J connectivity index is 1.91. The first-order chi connectivity index (χ1) is 11.2. The lowest BCUT2D eigenvalue weighted by molar-refractivity contribution is -0.411. The molecule has 0 unspecified atom stereocenters. The standard InChI is InChI=1S/C20H34O4/c1-14-8-7-11-19(3,4)16(14)9-12-20(5)13-10-17(23-24-20)15(2)18(21)22-6/h15,17H,7-13H2,1-6H3/t15-,17-,20-/m1/s1. The van der Waals surface area contributed by atoms with Crippen LogP contribution in [0.1, 0.15) is 79.6 Å². The van der Waals surface area contributed by atoms with Crippen LogP contribution < -0.4 is 0 Å². The molecule has 0 bridgehead atoms. The summed E-state index contributed by atoms with van der Waals surface area (Å²) in [6, 6.07) is 0. The lowest BCUT2D eigenvalue weighted by Crippen LogP contribution is -2.42. The lowest BCUT2D eigenvalue weighted by atomic mass is 9.70. The summed E-state index contributed by atoms with van der Waals surface area (Å²) in [5.41, 5.74) is 3.19. The molecular formula is C20H34O4. The van der Waals surface area contributed by atoms with E-state index in [1.165, 1.54) is 26.4 Å². The molecule has 1 heterocycles. The van der Waals surface area contributed by atoms with Crippen molar-refractivity contribution in [1.82, 2.24) is 0 Å². The molecule has 1 saturated heterocycles. The Morgan fingerprint density at radius 2 is 2.04 bits per heavy atom. The van der Waals surface area contributed by atoms with Gasteiger partial charge < -0.3 is 4.74 Å². The maximum absolute atomic E-state index is 11.6. The summed E-state index contributed by atoms with van der Waals surface area (Å²) in [5, 5.41) is 0. The van der Waals surface area contributed by atoms with Gasteiger partial charge in [0.2, 0.25) is 0 Å². The van der Waals surface area contributed by atoms with E-state index < -0.39 is 0 Å². The molecule has 4 heteroatoms. The van der Waals surface area contributed by atoms with Crippen LogP contribution in [0.4, 0.5) is 0 Å². The van der Waals surface area contributed by atoms with E-state index in [0.717, 1.165) is 25.7 Å². The van der Waals surface area contributed by atoms with Crippen LogP contribution in [0.15, 0.2) is 11.1 Å². The van der Waals surface area contributed by atoms with Gasteiger partial charge in [-0.25, -0.2) is 9.78 Å². The third-order valence-corrected chi connectivity index (χ3v) is 6.05. The van der Waals surface area contributed by atoms with Gasteiger partial charge in [-0.2, -0.15) is 0 Å². The van der Waals surface area contributed by atoms with Crippen molar-refractivity contribution in [2.45, 2.75) is 91.3 Å². The summed E-state index contributed by atoms with van der Waals surface area (Å²) in [5.74, 6) is -0.529. The predicted octanol–water partition coefficient (Wildman–Crippen LogP) is 4.97. The molecule has 0 N–H and O–H groups in total.